The minimum atomic E-state index is -0.285. The molecule has 2 nitrogen and oxygen atoms in total. The third-order valence-corrected chi connectivity index (χ3v) is 2.97. The van der Waals surface area contributed by atoms with E-state index in [1.807, 2.05) is 12.1 Å². The zero-order valence-corrected chi connectivity index (χ0v) is 11.2. The van der Waals surface area contributed by atoms with E-state index in [0.29, 0.717) is 17.5 Å². The van der Waals surface area contributed by atoms with Gasteiger partial charge in [0.25, 0.3) is 0 Å². The lowest BCUT2D eigenvalue weighted by Crippen LogP contribution is -2.28. The summed E-state index contributed by atoms with van der Waals surface area (Å²) in [6.07, 6.45) is 0.827. The summed E-state index contributed by atoms with van der Waals surface area (Å²) in [5.74, 6) is 1.04. The summed E-state index contributed by atoms with van der Waals surface area (Å²) in [4.78, 5) is 0. The van der Waals surface area contributed by atoms with Gasteiger partial charge < -0.3 is 9.73 Å². The van der Waals surface area contributed by atoms with Crippen molar-refractivity contribution >= 4 is 11.0 Å². The number of nitrogens with one attached hydrogen (secondary N) is 1. The quantitative estimate of drug-likeness (QED) is 0.873. The highest BCUT2D eigenvalue weighted by atomic mass is 19.1. The van der Waals surface area contributed by atoms with Gasteiger partial charge in [-0.05, 0) is 24.6 Å². The van der Waals surface area contributed by atoms with Crippen LogP contribution in [0.4, 0.5) is 4.39 Å². The largest absolute Gasteiger partial charge is 0.458 e. The second-order valence-electron chi connectivity index (χ2n) is 5.24. The van der Waals surface area contributed by atoms with Gasteiger partial charge in [0.2, 0.25) is 0 Å². The Morgan fingerprint density at radius 3 is 2.72 bits per heavy atom. The Balaban J connectivity index is 2.05. The van der Waals surface area contributed by atoms with Crippen LogP contribution in [0.15, 0.2) is 28.7 Å². The molecule has 3 heteroatoms. The summed E-state index contributed by atoms with van der Waals surface area (Å²) in [7, 11) is 0. The molecule has 0 radical (unpaired) electrons. The number of halogens is 1. The summed E-state index contributed by atoms with van der Waals surface area (Å²) < 4.78 is 19.1. The van der Waals surface area contributed by atoms with Gasteiger partial charge in [0.05, 0.1) is 0 Å². The summed E-state index contributed by atoms with van der Waals surface area (Å²) in [5.41, 5.74) is 0.372. The molecular formula is C15H20FNO. The number of benzene rings is 1. The lowest BCUT2D eigenvalue weighted by molar-refractivity contribution is 0.432. The van der Waals surface area contributed by atoms with Gasteiger partial charge >= 0.3 is 0 Å². The van der Waals surface area contributed by atoms with Crippen LogP contribution in [0.5, 0.6) is 0 Å². The molecule has 0 saturated carbocycles. The maximum atomic E-state index is 13.5. The van der Waals surface area contributed by atoms with E-state index in [2.05, 4.69) is 26.1 Å². The van der Waals surface area contributed by atoms with Crippen LogP contribution in [0.25, 0.3) is 11.0 Å². The highest BCUT2D eigenvalue weighted by Crippen LogP contribution is 2.23. The Labute approximate surface area is 107 Å². The molecule has 1 N–H and O–H groups in total. The third kappa shape index (κ3) is 3.10. The average Bonchev–Trinajstić information content (AvgIpc) is 2.70. The standard InChI is InChI=1S/C15H20FNO/c1-10(2)17-9-11(3)7-13-8-12-5-4-6-14(16)15(12)18-13/h4-6,8,10-11,17H,7,9H2,1-3H3. The van der Waals surface area contributed by atoms with Crippen LogP contribution < -0.4 is 5.32 Å². The SMILES string of the molecule is CC(CNC(C)C)Cc1cc2cccc(F)c2o1. The van der Waals surface area contributed by atoms with Crippen LogP contribution in [0.3, 0.4) is 0 Å². The second-order valence-corrected chi connectivity index (χ2v) is 5.24. The summed E-state index contributed by atoms with van der Waals surface area (Å²) in [5, 5.41) is 4.24. The molecule has 0 aliphatic rings. The van der Waals surface area contributed by atoms with Gasteiger partial charge in [0.15, 0.2) is 11.4 Å². The van der Waals surface area contributed by atoms with Gasteiger partial charge in [-0.3, -0.25) is 0 Å². The van der Waals surface area contributed by atoms with E-state index in [1.54, 1.807) is 6.07 Å². The minimum absolute atomic E-state index is 0.285. The molecule has 1 unspecified atom stereocenters. The molecule has 0 aliphatic carbocycles. The van der Waals surface area contributed by atoms with Gasteiger partial charge in [0.1, 0.15) is 5.76 Å². The van der Waals surface area contributed by atoms with Crippen molar-refractivity contribution in [2.24, 2.45) is 5.92 Å². The van der Waals surface area contributed by atoms with Crippen LogP contribution in [-0.4, -0.2) is 12.6 Å². The Morgan fingerprint density at radius 2 is 2.06 bits per heavy atom. The molecule has 0 bridgehead atoms. The van der Waals surface area contributed by atoms with E-state index in [4.69, 9.17) is 4.42 Å². The highest BCUT2D eigenvalue weighted by molar-refractivity contribution is 5.78. The number of furan rings is 1. The number of fused-ring (bicyclic) bond motifs is 1. The molecule has 0 saturated heterocycles. The summed E-state index contributed by atoms with van der Waals surface area (Å²) in [6, 6.07) is 7.44. The molecule has 1 heterocycles. The van der Waals surface area contributed by atoms with Crippen molar-refractivity contribution in [3.63, 3.8) is 0 Å². The van der Waals surface area contributed by atoms with Crippen LogP contribution in [0, 0.1) is 11.7 Å². The van der Waals surface area contributed by atoms with Gasteiger partial charge in [-0.15, -0.1) is 0 Å². The van der Waals surface area contributed by atoms with Gasteiger partial charge in [-0.25, -0.2) is 4.39 Å². The van der Waals surface area contributed by atoms with E-state index in [9.17, 15) is 4.39 Å². The van der Waals surface area contributed by atoms with Crippen molar-refractivity contribution in [2.45, 2.75) is 33.2 Å². The molecular weight excluding hydrogens is 229 g/mol. The molecule has 98 valence electrons. The fraction of sp³-hybridized carbons (Fsp3) is 0.467. The summed E-state index contributed by atoms with van der Waals surface area (Å²) in [6.45, 7) is 7.36. The number of rotatable bonds is 5. The summed E-state index contributed by atoms with van der Waals surface area (Å²) >= 11 is 0. The van der Waals surface area contributed by atoms with Crippen molar-refractivity contribution in [1.82, 2.24) is 5.32 Å². The van der Waals surface area contributed by atoms with Crippen molar-refractivity contribution in [3.05, 3.63) is 35.8 Å². The number of hydrogen-bond donors (Lipinski definition) is 1. The predicted molar refractivity (Wildman–Crippen MR) is 72.2 cm³/mol. The monoisotopic (exact) mass is 249 g/mol. The topological polar surface area (TPSA) is 25.2 Å². The first-order valence-corrected chi connectivity index (χ1v) is 6.46. The minimum Gasteiger partial charge on any atom is -0.458 e. The van der Waals surface area contributed by atoms with Crippen LogP contribution in [0.2, 0.25) is 0 Å². The van der Waals surface area contributed by atoms with Gasteiger partial charge in [0, 0.05) is 17.8 Å². The number of para-hydroxylation sites is 1. The van der Waals surface area contributed by atoms with E-state index in [0.717, 1.165) is 24.1 Å². The van der Waals surface area contributed by atoms with Crippen LogP contribution in [0.1, 0.15) is 26.5 Å². The first-order valence-electron chi connectivity index (χ1n) is 6.46. The van der Waals surface area contributed by atoms with Gasteiger partial charge in [-0.2, -0.15) is 0 Å². The Bertz CT molecular complexity index is 518. The zero-order chi connectivity index (χ0) is 13.1. The third-order valence-electron chi connectivity index (χ3n) is 2.97. The molecule has 0 aliphatic heterocycles. The average molecular weight is 249 g/mol. The maximum Gasteiger partial charge on any atom is 0.169 e. The molecule has 0 fully saturated rings. The molecule has 0 spiro atoms. The molecule has 2 aromatic rings. The van der Waals surface area contributed by atoms with Gasteiger partial charge in [-0.1, -0.05) is 32.9 Å². The van der Waals surface area contributed by atoms with Crippen LogP contribution >= 0.6 is 0 Å². The first kappa shape index (κ1) is 13.1. The number of hydrogen-bond acceptors (Lipinski definition) is 2. The predicted octanol–water partition coefficient (Wildman–Crippen LogP) is 3.75. The highest BCUT2D eigenvalue weighted by Gasteiger charge is 2.11. The molecule has 1 aromatic heterocycles. The molecule has 0 amide bonds. The van der Waals surface area contributed by atoms with Crippen molar-refractivity contribution in [1.29, 1.82) is 0 Å². The molecule has 1 aromatic carbocycles. The van der Waals surface area contributed by atoms with E-state index in [1.165, 1.54) is 6.07 Å². The lowest BCUT2D eigenvalue weighted by atomic mass is 10.1. The fourth-order valence-corrected chi connectivity index (χ4v) is 2.03. The van der Waals surface area contributed by atoms with E-state index >= 15 is 0 Å². The van der Waals surface area contributed by atoms with E-state index < -0.39 is 0 Å². The van der Waals surface area contributed by atoms with E-state index in [-0.39, 0.29) is 5.82 Å². The molecule has 1 atom stereocenters. The zero-order valence-electron chi connectivity index (χ0n) is 11.2. The van der Waals surface area contributed by atoms with Crippen molar-refractivity contribution in [3.8, 4) is 0 Å². The normalized spacial score (nSPS) is 13.4. The smallest absolute Gasteiger partial charge is 0.169 e. The fourth-order valence-electron chi connectivity index (χ4n) is 2.03. The second kappa shape index (κ2) is 5.53. The molecule has 2 rings (SSSR count). The van der Waals surface area contributed by atoms with Crippen molar-refractivity contribution < 1.29 is 8.81 Å². The Morgan fingerprint density at radius 1 is 1.28 bits per heavy atom. The molecule has 18 heavy (non-hydrogen) atoms. The Hall–Kier alpha value is -1.35. The Kier molecular flexibility index (Phi) is 4.02. The maximum absolute atomic E-state index is 13.5. The van der Waals surface area contributed by atoms with Crippen molar-refractivity contribution in [2.75, 3.05) is 6.54 Å². The van der Waals surface area contributed by atoms with Crippen LogP contribution in [-0.2, 0) is 6.42 Å². The first-order chi connectivity index (χ1) is 8.56. The lowest BCUT2D eigenvalue weighted by Gasteiger charge is -2.13.